The molecule has 5 heteroatoms. The Bertz CT molecular complexity index is 538. The number of benzene rings is 1. The number of hydrogen-bond acceptors (Lipinski definition) is 4. The van der Waals surface area contributed by atoms with Gasteiger partial charge in [-0.1, -0.05) is 0 Å². The van der Waals surface area contributed by atoms with Crippen LogP contribution in [-0.2, 0) is 5.75 Å². The van der Waals surface area contributed by atoms with E-state index in [4.69, 9.17) is 10.2 Å². The van der Waals surface area contributed by atoms with Crippen molar-refractivity contribution >= 4 is 23.4 Å². The van der Waals surface area contributed by atoms with Crippen molar-refractivity contribution in [2.75, 3.05) is 12.8 Å². The number of amides is 1. The van der Waals surface area contributed by atoms with Gasteiger partial charge >= 0.3 is 0 Å². The Morgan fingerprint density at radius 3 is 2.94 bits per heavy atom. The van der Waals surface area contributed by atoms with Crippen molar-refractivity contribution in [1.29, 1.82) is 0 Å². The third kappa shape index (κ3) is 2.87. The van der Waals surface area contributed by atoms with Crippen molar-refractivity contribution in [3.63, 3.8) is 0 Å². The molecule has 94 valence electrons. The first-order chi connectivity index (χ1) is 8.70. The Balaban J connectivity index is 2.13. The summed E-state index contributed by atoms with van der Waals surface area (Å²) < 4.78 is 5.25. The van der Waals surface area contributed by atoms with E-state index in [1.807, 2.05) is 12.1 Å². The van der Waals surface area contributed by atoms with Gasteiger partial charge in [-0.2, -0.15) is 0 Å². The summed E-state index contributed by atoms with van der Waals surface area (Å²) in [6.07, 6.45) is 1.64. The van der Waals surface area contributed by atoms with Crippen molar-refractivity contribution in [1.82, 2.24) is 5.32 Å². The summed E-state index contributed by atoms with van der Waals surface area (Å²) >= 11 is 1.55. The molecule has 3 N–H and O–H groups in total. The molecule has 0 fully saturated rings. The zero-order valence-corrected chi connectivity index (χ0v) is 10.8. The number of hydrogen-bond donors (Lipinski definition) is 2. The van der Waals surface area contributed by atoms with Gasteiger partial charge in [-0.3, -0.25) is 4.79 Å². The minimum absolute atomic E-state index is 0.116. The molecule has 0 spiro atoms. The van der Waals surface area contributed by atoms with E-state index < -0.39 is 0 Å². The standard InChI is InChI=1S/C13H14N2O2S/c1-15-13(16)9-4-5-11(14)12(7-9)18-8-10-3-2-6-17-10/h2-7H,8,14H2,1H3,(H,15,16). The van der Waals surface area contributed by atoms with Crippen LogP contribution in [0.1, 0.15) is 16.1 Å². The fraction of sp³-hybridized carbons (Fsp3) is 0.154. The fourth-order valence-electron chi connectivity index (χ4n) is 1.49. The molecule has 0 saturated heterocycles. The number of nitrogen functional groups attached to an aromatic ring is 1. The molecule has 0 radical (unpaired) electrons. The third-order valence-corrected chi connectivity index (χ3v) is 3.55. The zero-order chi connectivity index (χ0) is 13.0. The average molecular weight is 262 g/mol. The number of nitrogens with one attached hydrogen (secondary N) is 1. The maximum absolute atomic E-state index is 11.5. The summed E-state index contributed by atoms with van der Waals surface area (Å²) in [7, 11) is 1.61. The molecule has 0 atom stereocenters. The minimum atomic E-state index is -0.116. The van der Waals surface area contributed by atoms with E-state index in [0.717, 1.165) is 10.7 Å². The van der Waals surface area contributed by atoms with Gasteiger partial charge in [0.15, 0.2) is 0 Å². The van der Waals surface area contributed by atoms with E-state index in [2.05, 4.69) is 5.32 Å². The lowest BCUT2D eigenvalue weighted by Gasteiger charge is -2.07. The van der Waals surface area contributed by atoms with Crippen LogP contribution in [0.5, 0.6) is 0 Å². The first-order valence-electron chi connectivity index (χ1n) is 5.47. The van der Waals surface area contributed by atoms with Crippen molar-refractivity contribution in [3.05, 3.63) is 47.9 Å². The molecule has 1 amide bonds. The lowest BCUT2D eigenvalue weighted by atomic mass is 10.2. The number of rotatable bonds is 4. The second-order valence-electron chi connectivity index (χ2n) is 3.70. The molecule has 2 aromatic rings. The normalized spacial score (nSPS) is 10.3. The summed E-state index contributed by atoms with van der Waals surface area (Å²) in [4.78, 5) is 12.4. The van der Waals surface area contributed by atoms with E-state index >= 15 is 0 Å². The summed E-state index contributed by atoms with van der Waals surface area (Å²) in [5, 5.41) is 2.59. The Labute approximate surface area is 110 Å². The van der Waals surface area contributed by atoms with Crippen LogP contribution in [-0.4, -0.2) is 13.0 Å². The van der Waals surface area contributed by atoms with Gasteiger partial charge in [-0.05, 0) is 30.3 Å². The lowest BCUT2D eigenvalue weighted by molar-refractivity contribution is 0.0963. The van der Waals surface area contributed by atoms with Crippen LogP contribution in [0.3, 0.4) is 0 Å². The lowest BCUT2D eigenvalue weighted by Crippen LogP contribution is -2.17. The average Bonchev–Trinajstić information content (AvgIpc) is 2.90. The fourth-order valence-corrected chi connectivity index (χ4v) is 2.40. The minimum Gasteiger partial charge on any atom is -0.468 e. The molecular formula is C13H14N2O2S. The number of thioether (sulfide) groups is 1. The van der Waals surface area contributed by atoms with Crippen LogP contribution in [0.4, 0.5) is 5.69 Å². The monoisotopic (exact) mass is 262 g/mol. The Kier molecular flexibility index (Phi) is 3.94. The zero-order valence-electron chi connectivity index (χ0n) is 9.97. The third-order valence-electron chi connectivity index (χ3n) is 2.45. The summed E-state index contributed by atoms with van der Waals surface area (Å²) in [6, 6.07) is 9.01. The van der Waals surface area contributed by atoms with Crippen LogP contribution >= 0.6 is 11.8 Å². The van der Waals surface area contributed by atoms with E-state index in [1.165, 1.54) is 0 Å². The molecule has 1 aromatic heterocycles. The van der Waals surface area contributed by atoms with Gasteiger partial charge in [0.25, 0.3) is 5.91 Å². The summed E-state index contributed by atoms with van der Waals surface area (Å²) in [6.45, 7) is 0. The van der Waals surface area contributed by atoms with Crippen LogP contribution in [0, 0.1) is 0 Å². The number of carbonyl (C=O) groups is 1. The highest BCUT2D eigenvalue weighted by Crippen LogP contribution is 2.29. The van der Waals surface area contributed by atoms with E-state index in [1.54, 1.807) is 43.3 Å². The van der Waals surface area contributed by atoms with Gasteiger partial charge in [-0.15, -0.1) is 11.8 Å². The molecule has 4 nitrogen and oxygen atoms in total. The molecule has 0 aliphatic heterocycles. The quantitative estimate of drug-likeness (QED) is 0.656. The van der Waals surface area contributed by atoms with Crippen molar-refractivity contribution in [2.45, 2.75) is 10.6 Å². The summed E-state index contributed by atoms with van der Waals surface area (Å²) in [5.41, 5.74) is 7.16. The molecule has 2 rings (SSSR count). The first kappa shape index (κ1) is 12.6. The van der Waals surface area contributed by atoms with Crippen LogP contribution in [0.15, 0.2) is 45.9 Å². The molecule has 0 bridgehead atoms. The molecule has 0 aliphatic carbocycles. The van der Waals surface area contributed by atoms with Crippen molar-refractivity contribution in [3.8, 4) is 0 Å². The number of furan rings is 1. The van der Waals surface area contributed by atoms with Crippen LogP contribution < -0.4 is 11.1 Å². The second kappa shape index (κ2) is 5.64. The van der Waals surface area contributed by atoms with Crippen LogP contribution in [0.25, 0.3) is 0 Å². The highest BCUT2D eigenvalue weighted by molar-refractivity contribution is 7.98. The number of nitrogens with two attached hydrogens (primary N) is 1. The van der Waals surface area contributed by atoms with Gasteiger partial charge in [-0.25, -0.2) is 0 Å². The molecular weight excluding hydrogens is 248 g/mol. The van der Waals surface area contributed by atoms with Gasteiger partial charge < -0.3 is 15.5 Å². The number of carbonyl (C=O) groups excluding carboxylic acids is 1. The van der Waals surface area contributed by atoms with Crippen LogP contribution in [0.2, 0.25) is 0 Å². The van der Waals surface area contributed by atoms with E-state index in [-0.39, 0.29) is 5.91 Å². The highest BCUT2D eigenvalue weighted by atomic mass is 32.2. The smallest absolute Gasteiger partial charge is 0.251 e. The predicted molar refractivity (Wildman–Crippen MR) is 72.5 cm³/mol. The van der Waals surface area contributed by atoms with Gasteiger partial charge in [0, 0.05) is 23.2 Å². The Hall–Kier alpha value is -1.88. The van der Waals surface area contributed by atoms with E-state index in [0.29, 0.717) is 17.0 Å². The topological polar surface area (TPSA) is 68.3 Å². The SMILES string of the molecule is CNC(=O)c1ccc(N)c(SCc2ccco2)c1. The van der Waals surface area contributed by atoms with Gasteiger partial charge in [0.05, 0.1) is 12.0 Å². The molecule has 0 aliphatic rings. The van der Waals surface area contributed by atoms with Crippen molar-refractivity contribution < 1.29 is 9.21 Å². The van der Waals surface area contributed by atoms with Gasteiger partial charge in [0.2, 0.25) is 0 Å². The molecule has 18 heavy (non-hydrogen) atoms. The Morgan fingerprint density at radius 2 is 2.28 bits per heavy atom. The van der Waals surface area contributed by atoms with Crippen molar-refractivity contribution in [2.24, 2.45) is 0 Å². The molecule has 0 saturated carbocycles. The second-order valence-corrected chi connectivity index (χ2v) is 4.72. The predicted octanol–water partition coefficient (Wildman–Crippen LogP) is 2.51. The van der Waals surface area contributed by atoms with E-state index in [9.17, 15) is 4.79 Å². The van der Waals surface area contributed by atoms with Gasteiger partial charge in [0.1, 0.15) is 5.76 Å². The summed E-state index contributed by atoms with van der Waals surface area (Å²) in [5.74, 6) is 1.45. The first-order valence-corrected chi connectivity index (χ1v) is 6.46. The molecule has 0 unspecified atom stereocenters. The molecule has 1 heterocycles. The Morgan fingerprint density at radius 1 is 1.44 bits per heavy atom. The highest BCUT2D eigenvalue weighted by Gasteiger charge is 2.08. The largest absolute Gasteiger partial charge is 0.468 e. The maximum Gasteiger partial charge on any atom is 0.251 e. The molecule has 1 aromatic carbocycles. The maximum atomic E-state index is 11.5. The number of anilines is 1.